The highest BCUT2D eigenvalue weighted by Crippen LogP contribution is 2.36. The summed E-state index contributed by atoms with van der Waals surface area (Å²) in [7, 11) is 0. The first kappa shape index (κ1) is 42.9. The van der Waals surface area contributed by atoms with Gasteiger partial charge < -0.3 is 24.8 Å². The molecule has 0 radical (unpaired) electrons. The minimum atomic E-state index is -0.104. The summed E-state index contributed by atoms with van der Waals surface area (Å²) in [4.78, 5) is 42.7. The number of alkyl halides is 1. The third kappa shape index (κ3) is 9.68. The fourth-order valence-corrected chi connectivity index (χ4v) is 9.33. The fourth-order valence-electron chi connectivity index (χ4n) is 9.18. The van der Waals surface area contributed by atoms with E-state index in [1.165, 1.54) is 11.1 Å². The highest BCUT2D eigenvalue weighted by atomic mass is 35.5. The molecule has 0 spiro atoms. The first-order chi connectivity index (χ1) is 29.7. The summed E-state index contributed by atoms with van der Waals surface area (Å²) >= 11 is 5.80. The first-order valence-electron chi connectivity index (χ1n) is 22.0. The van der Waals surface area contributed by atoms with E-state index in [4.69, 9.17) is 31.3 Å². The molecule has 4 unspecified atom stereocenters. The van der Waals surface area contributed by atoms with Gasteiger partial charge in [0.15, 0.2) is 11.0 Å². The molecule has 4 aromatic heterocycles. The van der Waals surface area contributed by atoms with Crippen LogP contribution in [0.3, 0.4) is 0 Å². The van der Waals surface area contributed by atoms with Gasteiger partial charge in [-0.15, -0.1) is 11.6 Å². The normalized spacial score (nSPS) is 23.6. The molecule has 61 heavy (non-hydrogen) atoms. The van der Waals surface area contributed by atoms with Crippen LogP contribution in [0.5, 0.6) is 0 Å². The zero-order valence-electron chi connectivity index (χ0n) is 35.7. The Morgan fingerprint density at radius 1 is 0.656 bits per heavy atom. The van der Waals surface area contributed by atoms with Gasteiger partial charge in [-0.2, -0.15) is 10.2 Å². The second-order valence-corrected chi connectivity index (χ2v) is 17.8. The van der Waals surface area contributed by atoms with Crippen LogP contribution in [0.25, 0.3) is 11.0 Å². The molecule has 6 aromatic rings. The van der Waals surface area contributed by atoms with Crippen molar-refractivity contribution in [2.75, 3.05) is 52.6 Å². The lowest BCUT2D eigenvalue weighted by Crippen LogP contribution is -2.26. The van der Waals surface area contributed by atoms with E-state index in [0.29, 0.717) is 40.7 Å². The summed E-state index contributed by atoms with van der Waals surface area (Å²) < 4.78 is 14.5. The number of aromatic amines is 2. The third-order valence-corrected chi connectivity index (χ3v) is 13.3. The van der Waals surface area contributed by atoms with E-state index < -0.39 is 0 Å². The van der Waals surface area contributed by atoms with Gasteiger partial charge in [-0.05, 0) is 69.0 Å². The quantitative estimate of drug-likeness (QED) is 0.147. The fraction of sp³-hybridized carbons (Fsp3) is 0.522. The third-order valence-electron chi connectivity index (χ3n) is 13.0. The molecule has 2 aromatic carbocycles. The Bertz CT molecular complexity index is 2460. The number of ether oxygens (including phenoxy) is 2. The summed E-state index contributed by atoms with van der Waals surface area (Å²) in [5, 5.41) is 13.1. The number of halogens is 1. The molecule has 4 aliphatic rings. The molecule has 4 saturated heterocycles. The molecule has 0 amide bonds. The molecule has 6 atom stereocenters. The Morgan fingerprint density at radius 3 is 1.61 bits per heavy atom. The monoisotopic (exact) mass is 850 g/mol. The minimum Gasteiger partial charge on any atom is -0.381 e. The van der Waals surface area contributed by atoms with Crippen molar-refractivity contribution in [2.24, 2.45) is 11.8 Å². The number of fused-ring (bicyclic) bond motifs is 2. The van der Waals surface area contributed by atoms with Crippen molar-refractivity contribution in [3.05, 3.63) is 128 Å². The Labute approximate surface area is 361 Å². The molecule has 0 bridgehead atoms. The second kappa shape index (κ2) is 19.5. The van der Waals surface area contributed by atoms with E-state index in [9.17, 15) is 9.59 Å². The minimum absolute atomic E-state index is 0.102. The Hall–Kier alpha value is -4.73. The highest BCUT2D eigenvalue weighted by molar-refractivity contribution is 6.20. The smallest absolute Gasteiger partial charge is 0.276 e. The van der Waals surface area contributed by atoms with Gasteiger partial charge in [0.05, 0.1) is 17.8 Å². The molecule has 14 nitrogen and oxygen atoms in total. The molecule has 4 aliphatic heterocycles. The van der Waals surface area contributed by atoms with Crippen LogP contribution in [0.4, 0.5) is 0 Å². The number of hydrogen-bond donors (Lipinski definition) is 3. The number of imidazole rings is 2. The number of nitrogens with one attached hydrogen (secondary N) is 3. The number of nitrogens with zero attached hydrogens (tertiary/aromatic N) is 7. The van der Waals surface area contributed by atoms with Gasteiger partial charge in [0.1, 0.15) is 23.3 Å². The maximum absolute atomic E-state index is 12.8. The molecule has 4 fully saturated rings. The van der Waals surface area contributed by atoms with E-state index in [1.54, 1.807) is 21.4 Å². The number of aromatic nitrogens is 8. The van der Waals surface area contributed by atoms with Crippen LogP contribution < -0.4 is 16.4 Å². The van der Waals surface area contributed by atoms with Crippen LogP contribution in [0, 0.1) is 11.8 Å². The number of H-pyrrole nitrogens is 2. The van der Waals surface area contributed by atoms with Gasteiger partial charge in [0.25, 0.3) is 11.1 Å². The Morgan fingerprint density at radius 2 is 1.15 bits per heavy atom. The molecule has 10 rings (SSSR count). The maximum Gasteiger partial charge on any atom is 0.276 e. The van der Waals surface area contributed by atoms with Crippen LogP contribution >= 0.6 is 11.6 Å². The summed E-state index contributed by atoms with van der Waals surface area (Å²) in [6.07, 6.45) is 7.00. The Balaban J connectivity index is 0.000000144. The Kier molecular flexibility index (Phi) is 13.8. The van der Waals surface area contributed by atoms with Crippen molar-refractivity contribution < 1.29 is 9.47 Å². The lowest BCUT2D eigenvalue weighted by Gasteiger charge is -2.24. The predicted molar refractivity (Wildman–Crippen MR) is 237 cm³/mol. The molecule has 0 saturated carbocycles. The number of likely N-dealkylation sites (tertiary alicyclic amines) is 1. The lowest BCUT2D eigenvalue weighted by atomic mass is 9.97. The zero-order valence-corrected chi connectivity index (χ0v) is 36.4. The van der Waals surface area contributed by atoms with E-state index in [0.717, 1.165) is 102 Å². The number of rotatable bonds is 7. The van der Waals surface area contributed by atoms with Gasteiger partial charge in [0, 0.05) is 75.8 Å². The van der Waals surface area contributed by atoms with E-state index in [1.807, 2.05) is 37.3 Å². The average molecular weight is 851 g/mol. The van der Waals surface area contributed by atoms with Gasteiger partial charge in [-0.3, -0.25) is 14.5 Å². The summed E-state index contributed by atoms with van der Waals surface area (Å²) in [5.41, 5.74) is 3.35. The standard InChI is InChI=1S/C23H29N5O2.C15H21N5O2.C8H9Cl/c1-15-13-27(16(2)17-6-4-3-5-7-17)14-19(15)21-25-23(29)20-12-24-22(28(20)26-21)18-8-10-30-11-9-18;1-9-6-16-7-11(9)13-18-15(21)12-8-17-14(20(12)19-13)10-2-4-22-5-3-10;1-7(9)8-5-3-2-4-6-8/h3-7,12,15-16,18-19H,8-11,13-14H2,1-2H3,(H,25,26,29);8-11,16H,2-7H2,1H3,(H,18,19,21);2-7H,1H3/t15?,16-,19?;;7-/m1.0/s1. The number of benzene rings is 2. The number of hydrogen-bond acceptors (Lipinski definition) is 10. The molecule has 3 N–H and O–H groups in total. The van der Waals surface area contributed by atoms with Crippen LogP contribution in [0.15, 0.2) is 82.6 Å². The average Bonchev–Trinajstić information content (AvgIpc) is 4.11. The maximum atomic E-state index is 12.8. The van der Waals surface area contributed by atoms with Crippen molar-refractivity contribution in [3.63, 3.8) is 0 Å². The van der Waals surface area contributed by atoms with Crippen molar-refractivity contribution in [1.82, 2.24) is 49.4 Å². The predicted octanol–water partition coefficient (Wildman–Crippen LogP) is 6.73. The van der Waals surface area contributed by atoms with Gasteiger partial charge >= 0.3 is 0 Å². The van der Waals surface area contributed by atoms with Crippen LogP contribution in [-0.4, -0.2) is 96.7 Å². The van der Waals surface area contributed by atoms with E-state index in [2.05, 4.69) is 81.3 Å². The molecule has 15 heteroatoms. The summed E-state index contributed by atoms with van der Waals surface area (Å²) in [6, 6.07) is 21.0. The SMILES string of the molecule is CC1CN([C@H](C)c2ccccc2)CC1c1nn2c(C3CCOCC3)ncc2c(=O)[nH]1.CC1CNCC1c1nn2c(C3CCOCC3)ncc2c(=O)[nH]1.C[C@H](Cl)c1ccccc1. The van der Waals surface area contributed by atoms with Crippen molar-refractivity contribution in [3.8, 4) is 0 Å². The lowest BCUT2D eigenvalue weighted by molar-refractivity contribution is 0.0831. The van der Waals surface area contributed by atoms with E-state index >= 15 is 0 Å². The summed E-state index contributed by atoms with van der Waals surface area (Å²) in [6.45, 7) is 15.3. The first-order valence-corrected chi connectivity index (χ1v) is 22.4. The van der Waals surface area contributed by atoms with Crippen molar-refractivity contribution >= 4 is 22.6 Å². The largest absolute Gasteiger partial charge is 0.381 e. The highest BCUT2D eigenvalue weighted by Gasteiger charge is 2.36. The van der Waals surface area contributed by atoms with Crippen LogP contribution in [0.2, 0.25) is 0 Å². The van der Waals surface area contributed by atoms with Gasteiger partial charge in [0.2, 0.25) is 0 Å². The molecule has 324 valence electrons. The molecule has 8 heterocycles. The van der Waals surface area contributed by atoms with Gasteiger partial charge in [-0.1, -0.05) is 74.5 Å². The molecular formula is C46H59ClN10O4. The van der Waals surface area contributed by atoms with E-state index in [-0.39, 0.29) is 28.3 Å². The van der Waals surface area contributed by atoms with Crippen molar-refractivity contribution in [1.29, 1.82) is 0 Å². The van der Waals surface area contributed by atoms with Crippen LogP contribution in [0.1, 0.15) is 123 Å². The van der Waals surface area contributed by atoms with Gasteiger partial charge in [-0.25, -0.2) is 19.0 Å². The zero-order chi connectivity index (χ0) is 42.5. The molecular weight excluding hydrogens is 792 g/mol. The second-order valence-electron chi connectivity index (χ2n) is 17.2. The molecule has 0 aliphatic carbocycles. The van der Waals surface area contributed by atoms with Crippen LogP contribution in [-0.2, 0) is 9.47 Å². The summed E-state index contributed by atoms with van der Waals surface area (Å²) in [5.74, 6) is 5.25. The van der Waals surface area contributed by atoms with Crippen molar-refractivity contribution in [2.45, 2.75) is 88.5 Å². The topological polar surface area (TPSA) is 160 Å².